The minimum absolute atomic E-state index is 0.0474. The van der Waals surface area contributed by atoms with Crippen LogP contribution in [-0.4, -0.2) is 6.71 Å². The van der Waals surface area contributed by atoms with Gasteiger partial charge in [-0.2, -0.15) is 0 Å². The van der Waals surface area contributed by atoms with E-state index in [1.165, 1.54) is 32.9 Å². The van der Waals surface area contributed by atoms with Crippen LogP contribution in [0.1, 0.15) is 26.3 Å². The maximum absolute atomic E-state index is 7.00. The molecule has 2 aliphatic rings. The predicted molar refractivity (Wildman–Crippen MR) is 230 cm³/mol. The van der Waals surface area contributed by atoms with Gasteiger partial charge in [0.05, 0.1) is 0 Å². The molecule has 3 heterocycles. The van der Waals surface area contributed by atoms with Gasteiger partial charge in [-0.3, -0.25) is 0 Å². The van der Waals surface area contributed by atoms with Crippen LogP contribution in [0, 0.1) is 0 Å². The lowest BCUT2D eigenvalue weighted by atomic mass is 9.33. The molecule has 0 atom stereocenters. The van der Waals surface area contributed by atoms with Gasteiger partial charge in [-0.15, -0.1) is 0 Å². The van der Waals surface area contributed by atoms with Gasteiger partial charge in [-0.05, 0) is 105 Å². The SMILES string of the molecule is CC(C)(C)c1ccc(N(c2ccccc2)c2ccc3c(c2)oc2c4c(ccc23)B2c3c(cccc3N(c3ccccc3)c3ccc5ccccc5c32)O4)cc1. The maximum atomic E-state index is 7.00. The van der Waals surface area contributed by atoms with Crippen molar-refractivity contribution in [2.24, 2.45) is 0 Å². The smallest absolute Gasteiger partial charge is 0.257 e. The summed E-state index contributed by atoms with van der Waals surface area (Å²) in [6, 6.07) is 60.9. The van der Waals surface area contributed by atoms with Crippen molar-refractivity contribution in [1.29, 1.82) is 0 Å². The maximum Gasteiger partial charge on any atom is 0.257 e. The fraction of sp³-hybridized carbons (Fsp3) is 0.0800. The van der Waals surface area contributed by atoms with Crippen LogP contribution < -0.4 is 30.9 Å². The first-order valence-corrected chi connectivity index (χ1v) is 19.0. The summed E-state index contributed by atoms with van der Waals surface area (Å²) in [5.41, 5.74) is 13.2. The Hall–Kier alpha value is -6.72. The molecule has 2 aliphatic heterocycles. The molecule has 0 saturated heterocycles. The van der Waals surface area contributed by atoms with Crippen molar-refractivity contribution >= 4 is 89.9 Å². The molecule has 262 valence electrons. The van der Waals surface area contributed by atoms with Gasteiger partial charge in [-0.25, -0.2) is 0 Å². The second-order valence-electron chi connectivity index (χ2n) is 15.7. The lowest BCUT2D eigenvalue weighted by Crippen LogP contribution is -2.59. The van der Waals surface area contributed by atoms with Crippen molar-refractivity contribution in [3.05, 3.63) is 175 Å². The van der Waals surface area contributed by atoms with E-state index < -0.39 is 0 Å². The number of hydrogen-bond donors (Lipinski definition) is 0. The highest BCUT2D eigenvalue weighted by atomic mass is 16.5. The van der Waals surface area contributed by atoms with Crippen molar-refractivity contribution in [2.75, 3.05) is 9.80 Å². The highest BCUT2D eigenvalue weighted by Crippen LogP contribution is 2.45. The molecular formula is C50H37BN2O2. The molecular weight excluding hydrogens is 671 g/mol. The van der Waals surface area contributed by atoms with Crippen molar-refractivity contribution in [2.45, 2.75) is 26.2 Å². The fourth-order valence-corrected chi connectivity index (χ4v) is 8.87. The number of anilines is 6. The van der Waals surface area contributed by atoms with Crippen LogP contribution in [0.4, 0.5) is 34.1 Å². The zero-order valence-corrected chi connectivity index (χ0v) is 31.0. The van der Waals surface area contributed by atoms with Gasteiger partial charge < -0.3 is 19.0 Å². The van der Waals surface area contributed by atoms with Gasteiger partial charge in [0.1, 0.15) is 11.3 Å². The van der Waals surface area contributed by atoms with Crippen molar-refractivity contribution < 1.29 is 9.15 Å². The van der Waals surface area contributed by atoms with E-state index in [-0.39, 0.29) is 12.1 Å². The molecule has 55 heavy (non-hydrogen) atoms. The number of rotatable bonds is 4. The molecule has 0 N–H and O–H groups in total. The summed E-state index contributed by atoms with van der Waals surface area (Å²) < 4.78 is 13.9. The summed E-state index contributed by atoms with van der Waals surface area (Å²) in [4.78, 5) is 4.69. The fourth-order valence-electron chi connectivity index (χ4n) is 8.87. The van der Waals surface area contributed by atoms with E-state index >= 15 is 0 Å². The topological polar surface area (TPSA) is 28.9 Å². The predicted octanol–water partition coefficient (Wildman–Crippen LogP) is 11.9. The normalized spacial score (nSPS) is 13.1. The summed E-state index contributed by atoms with van der Waals surface area (Å²) in [7, 11) is 0. The lowest BCUT2D eigenvalue weighted by Gasteiger charge is -2.40. The average Bonchev–Trinajstić information content (AvgIpc) is 3.60. The van der Waals surface area contributed by atoms with Crippen LogP contribution in [0.5, 0.6) is 11.5 Å². The first-order chi connectivity index (χ1) is 26.9. The van der Waals surface area contributed by atoms with Crippen molar-refractivity contribution in [1.82, 2.24) is 0 Å². The van der Waals surface area contributed by atoms with Gasteiger partial charge in [0.2, 0.25) is 0 Å². The highest BCUT2D eigenvalue weighted by Gasteiger charge is 2.43. The summed E-state index contributed by atoms with van der Waals surface area (Å²) in [6.45, 7) is 6.71. The third kappa shape index (κ3) is 4.86. The molecule has 9 aromatic rings. The van der Waals surface area contributed by atoms with E-state index in [4.69, 9.17) is 9.15 Å². The Morgan fingerprint density at radius 1 is 0.545 bits per heavy atom. The Morgan fingerprint density at radius 3 is 2.04 bits per heavy atom. The van der Waals surface area contributed by atoms with Gasteiger partial charge in [0, 0.05) is 51.0 Å². The Kier molecular flexibility index (Phi) is 6.87. The number of para-hydroxylation sites is 2. The molecule has 4 nitrogen and oxygen atoms in total. The number of hydrogen-bond acceptors (Lipinski definition) is 4. The second kappa shape index (κ2) is 11.9. The number of ether oxygens (including phenoxy) is 1. The third-order valence-electron chi connectivity index (χ3n) is 11.5. The van der Waals surface area contributed by atoms with E-state index in [9.17, 15) is 0 Å². The molecule has 0 unspecified atom stereocenters. The Balaban J connectivity index is 1.10. The minimum Gasteiger partial charge on any atom is -0.454 e. The standard InChI is InChI=1S/C50H37BN2O2/c1-50(2,3)33-22-24-36(25-23-33)52(34-14-6-4-7-15-34)37-26-27-39-40-28-29-41-49(48(40)55-45(39)31-37)54-44-20-12-19-42-47(44)51(41)46-38-18-11-10-13-32(38)21-30-43(46)53(42)35-16-8-5-9-17-35/h4-31H,1-3H3. The summed E-state index contributed by atoms with van der Waals surface area (Å²) in [5, 5.41) is 4.56. The van der Waals surface area contributed by atoms with E-state index in [1.807, 2.05) is 0 Å². The Labute approximate surface area is 320 Å². The quantitative estimate of drug-likeness (QED) is 0.170. The zero-order chi connectivity index (χ0) is 36.8. The highest BCUT2D eigenvalue weighted by molar-refractivity contribution is 7.00. The van der Waals surface area contributed by atoms with E-state index in [2.05, 4.69) is 200 Å². The Bertz CT molecular complexity index is 2950. The molecule has 0 amide bonds. The summed E-state index contributed by atoms with van der Waals surface area (Å²) in [6.07, 6.45) is 0. The molecule has 11 rings (SSSR count). The van der Waals surface area contributed by atoms with Crippen LogP contribution >= 0.6 is 0 Å². The largest absolute Gasteiger partial charge is 0.454 e. The molecule has 8 aromatic carbocycles. The number of fused-ring (bicyclic) bond motifs is 10. The lowest BCUT2D eigenvalue weighted by molar-refractivity contribution is 0.481. The van der Waals surface area contributed by atoms with Crippen LogP contribution in [0.3, 0.4) is 0 Å². The minimum atomic E-state index is -0.0474. The molecule has 0 saturated carbocycles. The number of benzene rings is 8. The number of nitrogens with zero attached hydrogens (tertiary/aromatic N) is 2. The molecule has 0 spiro atoms. The van der Waals surface area contributed by atoms with Crippen LogP contribution in [0.25, 0.3) is 32.7 Å². The monoisotopic (exact) mass is 708 g/mol. The zero-order valence-electron chi connectivity index (χ0n) is 31.0. The van der Waals surface area contributed by atoms with Gasteiger partial charge >= 0.3 is 0 Å². The Morgan fingerprint density at radius 2 is 1.24 bits per heavy atom. The molecule has 0 aliphatic carbocycles. The molecule has 1 aromatic heterocycles. The van der Waals surface area contributed by atoms with Crippen LogP contribution in [0.15, 0.2) is 174 Å². The van der Waals surface area contributed by atoms with E-state index in [0.29, 0.717) is 0 Å². The van der Waals surface area contributed by atoms with E-state index in [0.717, 1.165) is 67.3 Å². The van der Waals surface area contributed by atoms with Crippen molar-refractivity contribution in [3.63, 3.8) is 0 Å². The molecule has 5 heteroatoms. The van der Waals surface area contributed by atoms with Gasteiger partial charge in [-0.1, -0.05) is 118 Å². The summed E-state index contributed by atoms with van der Waals surface area (Å²) >= 11 is 0. The number of furan rings is 1. The first-order valence-electron chi connectivity index (χ1n) is 19.0. The average molecular weight is 709 g/mol. The summed E-state index contributed by atoms with van der Waals surface area (Å²) in [5.74, 6) is 1.65. The van der Waals surface area contributed by atoms with Crippen molar-refractivity contribution in [3.8, 4) is 11.5 Å². The van der Waals surface area contributed by atoms with Crippen LogP contribution in [0.2, 0.25) is 0 Å². The molecule has 0 bridgehead atoms. The second-order valence-corrected chi connectivity index (χ2v) is 15.7. The first kappa shape index (κ1) is 31.8. The molecule has 0 fully saturated rings. The van der Waals surface area contributed by atoms with Gasteiger partial charge in [0.15, 0.2) is 11.3 Å². The third-order valence-corrected chi connectivity index (χ3v) is 11.5. The van der Waals surface area contributed by atoms with E-state index in [1.54, 1.807) is 0 Å². The van der Waals surface area contributed by atoms with Crippen LogP contribution in [-0.2, 0) is 5.41 Å². The molecule has 0 radical (unpaired) electrons. The van der Waals surface area contributed by atoms with Gasteiger partial charge in [0.25, 0.3) is 6.71 Å².